The maximum atomic E-state index is 2.53. The van der Waals surface area contributed by atoms with Crippen LogP contribution in [-0.2, 0) is 0 Å². The molecule has 0 aliphatic heterocycles. The fraction of sp³-hybridized carbons (Fsp3) is 0. The minimum atomic E-state index is 1.21. The summed E-state index contributed by atoms with van der Waals surface area (Å²) < 4.78 is 7.60. The average molecular weight is 691 g/mol. The Hall–Kier alpha value is -6.68. The number of benzene rings is 9. The summed E-state index contributed by atoms with van der Waals surface area (Å²) in [7, 11) is 0. The van der Waals surface area contributed by atoms with Gasteiger partial charge in [-0.25, -0.2) is 0 Å². The van der Waals surface area contributed by atoms with Gasteiger partial charge in [0.05, 0.1) is 33.4 Å². The van der Waals surface area contributed by atoms with Crippen molar-refractivity contribution >= 4 is 96.7 Å². The van der Waals surface area contributed by atoms with Crippen molar-refractivity contribution in [2.75, 3.05) is 0 Å². The fourth-order valence-electron chi connectivity index (χ4n) is 8.97. The van der Waals surface area contributed by atoms with Crippen molar-refractivity contribution in [2.24, 2.45) is 0 Å². The van der Waals surface area contributed by atoms with Crippen molar-refractivity contribution in [2.45, 2.75) is 0 Å². The molecule has 0 amide bonds. The number of para-hydroxylation sites is 1. The molecule has 3 heterocycles. The van der Waals surface area contributed by atoms with Crippen molar-refractivity contribution in [3.63, 3.8) is 0 Å². The van der Waals surface area contributed by atoms with Crippen molar-refractivity contribution in [3.05, 3.63) is 182 Å². The zero-order chi connectivity index (χ0) is 34.6. The lowest BCUT2D eigenvalue weighted by Crippen LogP contribution is -1.95. The number of thiophene rings is 1. The van der Waals surface area contributed by atoms with Gasteiger partial charge in [0.15, 0.2) is 0 Å². The van der Waals surface area contributed by atoms with Crippen LogP contribution in [-0.4, -0.2) is 9.13 Å². The highest BCUT2D eigenvalue weighted by Crippen LogP contribution is 2.44. The third-order valence-electron chi connectivity index (χ3n) is 11.3. The Balaban J connectivity index is 1.12. The maximum absolute atomic E-state index is 2.53. The van der Waals surface area contributed by atoms with E-state index >= 15 is 0 Å². The number of hydrogen-bond donors (Lipinski definition) is 0. The third-order valence-corrected chi connectivity index (χ3v) is 12.4. The molecule has 0 aliphatic carbocycles. The zero-order valence-electron chi connectivity index (χ0n) is 28.6. The number of hydrogen-bond acceptors (Lipinski definition) is 1. The summed E-state index contributed by atoms with van der Waals surface area (Å²) in [6.45, 7) is 0. The van der Waals surface area contributed by atoms with Crippen LogP contribution < -0.4 is 0 Å². The van der Waals surface area contributed by atoms with E-state index in [0.29, 0.717) is 0 Å². The molecule has 0 bridgehead atoms. The minimum Gasteiger partial charge on any atom is -0.309 e. The Morgan fingerprint density at radius 1 is 0.321 bits per heavy atom. The first kappa shape index (κ1) is 29.0. The molecule has 0 unspecified atom stereocenters. The maximum Gasteiger partial charge on any atom is 0.0619 e. The second-order valence-corrected chi connectivity index (χ2v) is 15.2. The van der Waals surface area contributed by atoms with Gasteiger partial charge in [-0.05, 0) is 76.5 Å². The predicted molar refractivity (Wildman–Crippen MR) is 228 cm³/mol. The topological polar surface area (TPSA) is 9.86 Å². The summed E-state index contributed by atoms with van der Waals surface area (Å²) in [6.07, 6.45) is 0. The van der Waals surface area contributed by atoms with Gasteiger partial charge in [0.1, 0.15) is 0 Å². The van der Waals surface area contributed by atoms with Crippen LogP contribution in [0.3, 0.4) is 0 Å². The zero-order valence-corrected chi connectivity index (χ0v) is 29.4. The summed E-state index contributed by atoms with van der Waals surface area (Å²) in [5.74, 6) is 0. The quantitative estimate of drug-likeness (QED) is 0.175. The Labute approximate surface area is 309 Å². The molecule has 12 aromatic rings. The van der Waals surface area contributed by atoms with Crippen molar-refractivity contribution in [3.8, 4) is 22.5 Å². The lowest BCUT2D eigenvalue weighted by Gasteiger charge is -2.12. The van der Waals surface area contributed by atoms with Gasteiger partial charge >= 0.3 is 0 Å². The van der Waals surface area contributed by atoms with Crippen LogP contribution in [0.2, 0.25) is 0 Å². The molecule has 53 heavy (non-hydrogen) atoms. The molecule has 0 radical (unpaired) electrons. The molecule has 0 saturated heterocycles. The molecule has 0 N–H and O–H groups in total. The summed E-state index contributed by atoms with van der Waals surface area (Å²) in [5, 5.41) is 12.7. The first-order valence-corrected chi connectivity index (χ1v) is 19.0. The molecule has 0 saturated carbocycles. The van der Waals surface area contributed by atoms with Gasteiger partial charge in [0.25, 0.3) is 0 Å². The van der Waals surface area contributed by atoms with E-state index in [1.165, 1.54) is 108 Å². The predicted octanol–water partition coefficient (Wildman–Crippen LogP) is 14.2. The minimum absolute atomic E-state index is 1.21. The molecular weight excluding hydrogens is 661 g/mol. The molecule has 0 spiro atoms. The standard InChI is InChI=1S/C50H30N2S/c1-3-14-35-31(11-1)13-9-19-42(35)51-43-18-7-5-16-37(43)40-29-33(24-27-44(40)51)34-25-28-45-41(30-34)38-26-23-32-12-2-4-15-36(32)50(38)52(45)46-20-10-22-48-49(46)39-17-6-8-21-47(39)53-48/h1-30H. The van der Waals surface area contributed by atoms with Crippen molar-refractivity contribution < 1.29 is 0 Å². The van der Waals surface area contributed by atoms with Gasteiger partial charge in [-0.15, -0.1) is 11.3 Å². The molecule has 0 fully saturated rings. The SMILES string of the molecule is c1ccc2c(-n3c4ccccc4c4cc(-c5ccc6c(c5)c5ccc7ccccc7c5n6-c5cccc6sc7ccccc7c56)ccc43)cccc2c1. The number of nitrogens with zero attached hydrogens (tertiary/aromatic N) is 2. The van der Waals surface area contributed by atoms with E-state index < -0.39 is 0 Å². The summed E-state index contributed by atoms with van der Waals surface area (Å²) in [6, 6.07) is 67.2. The van der Waals surface area contributed by atoms with E-state index in [1.807, 2.05) is 11.3 Å². The van der Waals surface area contributed by atoms with Crippen LogP contribution >= 0.6 is 11.3 Å². The molecule has 12 rings (SSSR count). The number of rotatable bonds is 3. The van der Waals surface area contributed by atoms with E-state index in [9.17, 15) is 0 Å². The molecule has 2 nitrogen and oxygen atoms in total. The second-order valence-electron chi connectivity index (χ2n) is 14.1. The van der Waals surface area contributed by atoms with E-state index in [4.69, 9.17) is 0 Å². The largest absolute Gasteiger partial charge is 0.309 e. The van der Waals surface area contributed by atoms with Crippen LogP contribution in [0.25, 0.3) is 108 Å². The highest BCUT2D eigenvalue weighted by atomic mass is 32.1. The van der Waals surface area contributed by atoms with Crippen LogP contribution in [0, 0.1) is 0 Å². The van der Waals surface area contributed by atoms with Crippen LogP contribution in [0.5, 0.6) is 0 Å². The van der Waals surface area contributed by atoms with Crippen molar-refractivity contribution in [1.29, 1.82) is 0 Å². The average Bonchev–Trinajstić information content (AvgIpc) is 3.88. The van der Waals surface area contributed by atoms with E-state index in [0.717, 1.165) is 0 Å². The van der Waals surface area contributed by atoms with Gasteiger partial charge in [-0.2, -0.15) is 0 Å². The Morgan fingerprint density at radius 2 is 0.887 bits per heavy atom. The number of aromatic nitrogens is 2. The van der Waals surface area contributed by atoms with E-state index in [2.05, 4.69) is 191 Å². The van der Waals surface area contributed by atoms with Gasteiger partial charge < -0.3 is 9.13 Å². The molecule has 3 aromatic heterocycles. The van der Waals surface area contributed by atoms with Gasteiger partial charge in [-0.3, -0.25) is 0 Å². The Morgan fingerprint density at radius 3 is 1.72 bits per heavy atom. The normalized spacial score (nSPS) is 12.2. The molecule has 246 valence electrons. The first-order valence-electron chi connectivity index (χ1n) is 18.2. The molecule has 0 aliphatic rings. The molecule has 3 heteroatoms. The third kappa shape index (κ3) is 4.08. The molecule has 9 aromatic carbocycles. The summed E-state index contributed by atoms with van der Waals surface area (Å²) >= 11 is 1.87. The van der Waals surface area contributed by atoms with Crippen LogP contribution in [0.4, 0.5) is 0 Å². The van der Waals surface area contributed by atoms with Crippen LogP contribution in [0.15, 0.2) is 182 Å². The summed E-state index contributed by atoms with van der Waals surface area (Å²) in [4.78, 5) is 0. The highest BCUT2D eigenvalue weighted by molar-refractivity contribution is 7.25. The van der Waals surface area contributed by atoms with Gasteiger partial charge in [0.2, 0.25) is 0 Å². The molecular formula is C50H30N2S. The smallest absolute Gasteiger partial charge is 0.0619 e. The Kier molecular flexibility index (Phi) is 5.96. The van der Waals surface area contributed by atoms with E-state index in [-0.39, 0.29) is 0 Å². The Bertz CT molecular complexity index is 3460. The fourth-order valence-corrected chi connectivity index (χ4v) is 10.1. The highest BCUT2D eigenvalue weighted by Gasteiger charge is 2.20. The molecule has 0 atom stereocenters. The summed E-state index contributed by atoms with van der Waals surface area (Å²) in [5.41, 5.74) is 9.77. The lowest BCUT2D eigenvalue weighted by atomic mass is 10.00. The van der Waals surface area contributed by atoms with E-state index in [1.54, 1.807) is 0 Å². The second kappa shape index (κ2) is 10.9. The first-order chi connectivity index (χ1) is 26.3. The number of fused-ring (bicyclic) bond motifs is 12. The van der Waals surface area contributed by atoms with Gasteiger partial charge in [0, 0.05) is 52.5 Å². The van der Waals surface area contributed by atoms with Crippen molar-refractivity contribution in [1.82, 2.24) is 9.13 Å². The van der Waals surface area contributed by atoms with Crippen LogP contribution in [0.1, 0.15) is 0 Å². The lowest BCUT2D eigenvalue weighted by molar-refractivity contribution is 1.20. The van der Waals surface area contributed by atoms with Gasteiger partial charge in [-0.1, -0.05) is 127 Å². The monoisotopic (exact) mass is 690 g/mol.